The third-order valence-corrected chi connectivity index (χ3v) is 9.73. The summed E-state index contributed by atoms with van der Waals surface area (Å²) >= 11 is 0.149. The number of aliphatic carboxylic acids is 2. The van der Waals surface area contributed by atoms with E-state index in [0.717, 1.165) is 38.5 Å². The zero-order chi connectivity index (χ0) is 26.1. The van der Waals surface area contributed by atoms with Crippen molar-refractivity contribution in [1.29, 1.82) is 0 Å². The summed E-state index contributed by atoms with van der Waals surface area (Å²) in [6.45, 7) is 12.0. The Morgan fingerprint density at radius 3 is 1.24 bits per heavy atom. The van der Waals surface area contributed by atoms with Gasteiger partial charge in [-0.3, -0.25) is 0 Å². The van der Waals surface area contributed by atoms with Crippen LogP contribution in [0.1, 0.15) is 119 Å². The molecule has 0 aromatic carbocycles. The van der Waals surface area contributed by atoms with Gasteiger partial charge in [-0.2, -0.15) is 0 Å². The van der Waals surface area contributed by atoms with Gasteiger partial charge in [0, 0.05) is 24.0 Å². The van der Waals surface area contributed by atoms with Crippen LogP contribution in [0.4, 0.5) is 0 Å². The van der Waals surface area contributed by atoms with Crippen molar-refractivity contribution in [1.82, 2.24) is 0 Å². The van der Waals surface area contributed by atoms with Gasteiger partial charge in [0.2, 0.25) is 0 Å². The van der Waals surface area contributed by atoms with E-state index in [1.54, 1.807) is 22.7 Å². The topological polar surface area (TPSA) is 132 Å². The van der Waals surface area contributed by atoms with E-state index in [1.807, 2.05) is 13.8 Å². The molecular formula is C26H54N2O4Sn. The molecule has 196 valence electrons. The molecule has 0 aromatic rings. The van der Waals surface area contributed by atoms with Crippen LogP contribution in [-0.4, -0.2) is 45.2 Å². The molecular weight excluding hydrogens is 523 g/mol. The molecule has 0 aromatic heterocycles. The van der Waals surface area contributed by atoms with E-state index in [4.69, 9.17) is 11.5 Å². The van der Waals surface area contributed by atoms with E-state index in [9.17, 15) is 19.8 Å². The summed E-state index contributed by atoms with van der Waals surface area (Å²) in [5, 5.41) is 20.6. The van der Waals surface area contributed by atoms with Crippen molar-refractivity contribution in [3.05, 3.63) is 0 Å². The average molecular weight is 577 g/mol. The molecule has 0 saturated carbocycles. The van der Waals surface area contributed by atoms with Gasteiger partial charge in [0.15, 0.2) is 0 Å². The van der Waals surface area contributed by atoms with E-state index >= 15 is 0 Å². The number of carbonyl (C=O) groups excluding carboxylic acids is 2. The molecule has 0 bridgehead atoms. The number of carboxylic acids is 2. The molecule has 0 aliphatic rings. The summed E-state index contributed by atoms with van der Waals surface area (Å²) in [6, 6.07) is 0.443. The van der Waals surface area contributed by atoms with Gasteiger partial charge in [-0.1, -0.05) is 40.5 Å². The van der Waals surface area contributed by atoms with Gasteiger partial charge >= 0.3 is 69.5 Å². The second kappa shape index (κ2) is 27.9. The fourth-order valence-electron chi connectivity index (χ4n) is 2.74. The van der Waals surface area contributed by atoms with Gasteiger partial charge in [0.1, 0.15) is 0 Å². The van der Waals surface area contributed by atoms with Crippen molar-refractivity contribution in [3.63, 3.8) is 0 Å². The molecule has 7 heteroatoms. The molecule has 0 fully saturated rings. The molecule has 0 amide bonds. The minimum atomic E-state index is -0.958. The Morgan fingerprint density at radius 1 is 0.667 bits per heavy atom. The van der Waals surface area contributed by atoms with Gasteiger partial charge in [0.05, 0.1) is 0 Å². The number of hydrogen-bond acceptors (Lipinski definition) is 6. The van der Waals surface area contributed by atoms with Crippen LogP contribution in [0.15, 0.2) is 0 Å². The third kappa shape index (κ3) is 31.7. The van der Waals surface area contributed by atoms with Crippen LogP contribution in [-0.2, 0) is 9.59 Å². The van der Waals surface area contributed by atoms with Crippen LogP contribution in [0, 0.1) is 11.8 Å². The molecule has 0 aliphatic carbocycles. The fraction of sp³-hybridized carbons (Fsp3) is 0.923. The summed E-state index contributed by atoms with van der Waals surface area (Å²) < 4.78 is 3.25. The number of hydrogen-bond donors (Lipinski definition) is 2. The first-order valence-corrected chi connectivity index (χ1v) is 17.2. The minimum absolute atomic E-state index is 0.149. The van der Waals surface area contributed by atoms with Crippen LogP contribution in [0.5, 0.6) is 0 Å². The Balaban J connectivity index is -0.000000414. The first kappa shape index (κ1) is 37.2. The third-order valence-electron chi connectivity index (χ3n) is 5.69. The number of carbonyl (C=O) groups is 2. The zero-order valence-corrected chi connectivity index (χ0v) is 25.4. The number of nitrogens with two attached hydrogens (primary N) is 2. The Labute approximate surface area is 215 Å². The van der Waals surface area contributed by atoms with Crippen molar-refractivity contribution < 1.29 is 19.8 Å². The molecule has 0 spiro atoms. The van der Waals surface area contributed by atoms with Crippen molar-refractivity contribution in [2.45, 2.75) is 140 Å². The number of unbranched alkanes of at least 4 members (excludes halogenated alkanes) is 2. The van der Waals surface area contributed by atoms with Gasteiger partial charge < -0.3 is 31.3 Å². The predicted octanol–water partition coefficient (Wildman–Crippen LogP) is 3.69. The first-order chi connectivity index (χ1) is 15.6. The molecule has 4 N–H and O–H groups in total. The van der Waals surface area contributed by atoms with Crippen LogP contribution < -0.4 is 21.7 Å². The molecule has 0 rings (SSSR count). The van der Waals surface area contributed by atoms with E-state index < -0.39 is 11.9 Å². The normalized spacial score (nSPS) is 13.8. The monoisotopic (exact) mass is 578 g/mol. The maximum absolute atomic E-state index is 10.3. The van der Waals surface area contributed by atoms with Gasteiger partial charge in [-0.15, -0.1) is 0 Å². The summed E-state index contributed by atoms with van der Waals surface area (Å²) in [5.74, 6) is -2.59. The summed E-state index contributed by atoms with van der Waals surface area (Å²) in [7, 11) is 0. The summed E-state index contributed by atoms with van der Waals surface area (Å²) in [6.07, 6.45) is 12.7. The first-order valence-electron chi connectivity index (χ1n) is 13.2. The van der Waals surface area contributed by atoms with Gasteiger partial charge in [-0.05, 0) is 50.4 Å². The predicted molar refractivity (Wildman–Crippen MR) is 138 cm³/mol. The molecule has 6 nitrogen and oxygen atoms in total. The van der Waals surface area contributed by atoms with Crippen molar-refractivity contribution in [2.24, 2.45) is 23.3 Å². The molecule has 0 heterocycles. The van der Waals surface area contributed by atoms with Crippen LogP contribution >= 0.6 is 0 Å². The maximum atomic E-state index is 10.3. The zero-order valence-electron chi connectivity index (χ0n) is 22.5. The molecule has 0 radical (unpaired) electrons. The summed E-state index contributed by atoms with van der Waals surface area (Å²) in [4.78, 5) is 20.6. The Kier molecular flexibility index (Phi) is 31.5. The van der Waals surface area contributed by atoms with Crippen molar-refractivity contribution >= 4 is 33.1 Å². The van der Waals surface area contributed by atoms with E-state index in [2.05, 4.69) is 13.8 Å². The number of rotatable bonds is 18. The van der Waals surface area contributed by atoms with Crippen molar-refractivity contribution in [3.8, 4) is 0 Å². The van der Waals surface area contributed by atoms with Crippen molar-refractivity contribution in [2.75, 3.05) is 0 Å². The quantitative estimate of drug-likeness (QED) is 0.189. The molecule has 0 saturated heterocycles. The molecule has 4 unspecified atom stereocenters. The Bertz CT molecular complexity index is 401. The van der Waals surface area contributed by atoms with Crippen LogP contribution in [0.2, 0.25) is 8.87 Å². The second-order valence-corrected chi connectivity index (χ2v) is 13.4. The van der Waals surface area contributed by atoms with Crippen LogP contribution in [0.25, 0.3) is 0 Å². The van der Waals surface area contributed by atoms with Crippen LogP contribution in [0.3, 0.4) is 0 Å². The van der Waals surface area contributed by atoms with E-state index in [0.29, 0.717) is 12.8 Å². The molecule has 4 atom stereocenters. The molecule has 33 heavy (non-hydrogen) atoms. The fourth-order valence-corrected chi connectivity index (χ4v) is 6.90. The average Bonchev–Trinajstić information content (AvgIpc) is 2.79. The Morgan fingerprint density at radius 2 is 1.00 bits per heavy atom. The van der Waals surface area contributed by atoms with E-state index in [1.165, 1.54) is 25.7 Å². The van der Waals surface area contributed by atoms with Gasteiger partial charge in [-0.25, -0.2) is 0 Å². The van der Waals surface area contributed by atoms with E-state index in [-0.39, 0.29) is 45.1 Å². The second-order valence-electron chi connectivity index (χ2n) is 9.10. The van der Waals surface area contributed by atoms with Gasteiger partial charge in [0.25, 0.3) is 0 Å². The standard InChI is InChI=1S/2C9H19NO2.2C4H9.Sn/c2*1-3-8(10)6-4-5-7(2)9(11)12;2*1-3-4-2;/h2*7-8H,3-6,10H2,1-2H3,(H,11,12);2*1,3-4H2,2H3;/q;;;;+2/p-2. The SMILES string of the molecule is CCC(N)CCCC(C)C(=O)[O-].CCC(N)CCCC(C)C(=O)[O-].CCC[CH2][Sn+2][CH2]CCC. The Hall–Kier alpha value is -0.341. The molecule has 0 aliphatic heterocycles. The number of carboxylic acid groups (broad SMARTS) is 2. The summed E-state index contributed by atoms with van der Waals surface area (Å²) in [5.41, 5.74) is 11.3.